The van der Waals surface area contributed by atoms with Crippen LogP contribution in [-0.4, -0.2) is 37.6 Å². The standard InChI is InChI=1S/C30H28O4P2/c1-33-27-23(21-11-5-3-6-12-21)15-9-17-25(27)29(31)35-19-20-36-30(32)26-18-10-16-24(28(26)34-2)22-13-7-4-8-14-22/h3-18,35-36H,19-20H2,1-2H3. The van der Waals surface area contributed by atoms with Gasteiger partial charge in [-0.15, -0.1) is 0 Å². The maximum Gasteiger partial charge on any atom is 0.184 e. The Morgan fingerprint density at radius 1 is 0.556 bits per heavy atom. The maximum absolute atomic E-state index is 13.1. The van der Waals surface area contributed by atoms with Gasteiger partial charge >= 0.3 is 0 Å². The van der Waals surface area contributed by atoms with Crippen LogP contribution in [0.1, 0.15) is 20.7 Å². The van der Waals surface area contributed by atoms with E-state index in [0.717, 1.165) is 22.3 Å². The Balaban J connectivity index is 1.41. The van der Waals surface area contributed by atoms with Crippen LogP contribution in [0.2, 0.25) is 0 Å². The second kappa shape index (κ2) is 12.6. The number of methoxy groups -OCH3 is 2. The molecule has 0 N–H and O–H groups in total. The largest absolute Gasteiger partial charge is 0.495 e. The minimum absolute atomic E-state index is 0.0468. The minimum Gasteiger partial charge on any atom is -0.495 e. The summed E-state index contributed by atoms with van der Waals surface area (Å²) in [4.78, 5) is 26.1. The third kappa shape index (κ3) is 5.90. The van der Waals surface area contributed by atoms with Gasteiger partial charge in [-0.25, -0.2) is 0 Å². The summed E-state index contributed by atoms with van der Waals surface area (Å²) in [5.41, 5.74) is 5.08. The van der Waals surface area contributed by atoms with Gasteiger partial charge in [0.1, 0.15) is 11.5 Å². The van der Waals surface area contributed by atoms with E-state index >= 15 is 0 Å². The fraction of sp³-hybridized carbons (Fsp3) is 0.133. The number of ether oxygens (including phenoxy) is 2. The zero-order chi connectivity index (χ0) is 25.3. The van der Waals surface area contributed by atoms with Crippen molar-refractivity contribution in [1.29, 1.82) is 0 Å². The average molecular weight is 514 g/mol. The lowest BCUT2D eigenvalue weighted by molar-refractivity contribution is 0.107. The smallest absolute Gasteiger partial charge is 0.184 e. The maximum atomic E-state index is 13.1. The van der Waals surface area contributed by atoms with Crippen LogP contribution in [0, 0.1) is 0 Å². The molecule has 6 heteroatoms. The molecule has 0 bridgehead atoms. The number of rotatable bonds is 11. The van der Waals surface area contributed by atoms with E-state index in [4.69, 9.17) is 9.47 Å². The van der Waals surface area contributed by atoms with Gasteiger partial charge in [0.15, 0.2) is 11.0 Å². The van der Waals surface area contributed by atoms with E-state index < -0.39 is 0 Å². The third-order valence-corrected chi connectivity index (χ3v) is 8.47. The van der Waals surface area contributed by atoms with Gasteiger partial charge in [0.25, 0.3) is 0 Å². The topological polar surface area (TPSA) is 52.6 Å². The second-order valence-electron chi connectivity index (χ2n) is 8.02. The molecule has 0 aliphatic carbocycles. The van der Waals surface area contributed by atoms with Crippen molar-refractivity contribution in [2.75, 3.05) is 26.5 Å². The number of hydrogen-bond acceptors (Lipinski definition) is 4. The summed E-state index contributed by atoms with van der Waals surface area (Å²) < 4.78 is 11.3. The molecule has 2 atom stereocenters. The molecule has 0 radical (unpaired) electrons. The van der Waals surface area contributed by atoms with Crippen molar-refractivity contribution in [2.24, 2.45) is 0 Å². The van der Waals surface area contributed by atoms with Gasteiger partial charge in [0.05, 0.1) is 25.3 Å². The predicted octanol–water partition coefficient (Wildman–Crippen LogP) is 7.38. The molecule has 0 saturated carbocycles. The van der Waals surface area contributed by atoms with Crippen LogP contribution in [0.3, 0.4) is 0 Å². The van der Waals surface area contributed by atoms with Gasteiger partial charge in [-0.05, 0) is 52.7 Å². The summed E-state index contributed by atoms with van der Waals surface area (Å²) >= 11 is 0. The monoisotopic (exact) mass is 514 g/mol. The van der Waals surface area contributed by atoms with E-state index in [9.17, 15) is 9.59 Å². The van der Waals surface area contributed by atoms with E-state index in [1.807, 2.05) is 97.1 Å². The lowest BCUT2D eigenvalue weighted by Gasteiger charge is -2.14. The lowest BCUT2D eigenvalue weighted by atomic mass is 10.0. The van der Waals surface area contributed by atoms with Gasteiger partial charge in [-0.2, -0.15) is 0 Å². The van der Waals surface area contributed by atoms with Crippen LogP contribution in [0.25, 0.3) is 22.3 Å². The molecule has 4 aromatic rings. The van der Waals surface area contributed by atoms with E-state index in [0.29, 0.717) is 34.9 Å². The zero-order valence-corrected chi connectivity index (χ0v) is 22.3. The molecule has 36 heavy (non-hydrogen) atoms. The van der Waals surface area contributed by atoms with Gasteiger partial charge in [0.2, 0.25) is 0 Å². The molecule has 4 nitrogen and oxygen atoms in total. The highest BCUT2D eigenvalue weighted by Crippen LogP contribution is 2.38. The Labute approximate surface area is 215 Å². The first-order chi connectivity index (χ1) is 17.6. The SMILES string of the molecule is COc1c(C(=O)PCCPC(=O)c2cccc(-c3ccccc3)c2OC)cccc1-c1ccccc1. The van der Waals surface area contributed by atoms with Crippen LogP contribution in [0.5, 0.6) is 11.5 Å². The fourth-order valence-corrected chi connectivity index (χ4v) is 6.33. The molecule has 0 aliphatic heterocycles. The second-order valence-corrected chi connectivity index (χ2v) is 10.6. The van der Waals surface area contributed by atoms with Gasteiger partial charge in [0, 0.05) is 11.1 Å². The van der Waals surface area contributed by atoms with Crippen molar-refractivity contribution in [2.45, 2.75) is 0 Å². The number of benzene rings is 4. The molecular weight excluding hydrogens is 486 g/mol. The highest BCUT2D eigenvalue weighted by atomic mass is 31.1. The first-order valence-electron chi connectivity index (χ1n) is 11.6. The zero-order valence-electron chi connectivity index (χ0n) is 20.3. The third-order valence-electron chi connectivity index (χ3n) is 5.79. The summed E-state index contributed by atoms with van der Waals surface area (Å²) in [6.07, 6.45) is 1.31. The fourth-order valence-electron chi connectivity index (χ4n) is 4.10. The Morgan fingerprint density at radius 2 is 0.944 bits per heavy atom. The van der Waals surface area contributed by atoms with E-state index in [1.165, 1.54) is 0 Å². The van der Waals surface area contributed by atoms with E-state index in [2.05, 4.69) is 0 Å². The first-order valence-corrected chi connectivity index (χ1v) is 14.1. The summed E-state index contributed by atoms with van der Waals surface area (Å²) in [5.74, 6) is 1.20. The Hall–Kier alpha value is -3.32. The summed E-state index contributed by atoms with van der Waals surface area (Å²) in [7, 11) is 3.33. The molecule has 0 fully saturated rings. The van der Waals surface area contributed by atoms with Crippen LogP contribution in [-0.2, 0) is 0 Å². The van der Waals surface area contributed by atoms with Crippen molar-refractivity contribution >= 4 is 28.2 Å². The van der Waals surface area contributed by atoms with Crippen LogP contribution in [0.4, 0.5) is 0 Å². The highest BCUT2D eigenvalue weighted by molar-refractivity contribution is 7.62. The quantitative estimate of drug-likeness (QED) is 0.155. The van der Waals surface area contributed by atoms with Crippen molar-refractivity contribution in [3.05, 3.63) is 108 Å². The van der Waals surface area contributed by atoms with Crippen molar-refractivity contribution in [3.8, 4) is 33.8 Å². The highest BCUT2D eigenvalue weighted by Gasteiger charge is 2.18. The molecule has 0 spiro atoms. The summed E-state index contributed by atoms with van der Waals surface area (Å²) in [6.45, 7) is 0. The summed E-state index contributed by atoms with van der Waals surface area (Å²) in [6, 6.07) is 31.1. The molecule has 0 saturated heterocycles. The number of carbonyl (C=O) groups excluding carboxylic acids is 2. The molecule has 0 amide bonds. The molecule has 4 rings (SSSR count). The Kier molecular flexibility index (Phi) is 9.01. The molecule has 182 valence electrons. The normalized spacial score (nSPS) is 11.3. The molecule has 0 heterocycles. The first kappa shape index (κ1) is 25.8. The molecule has 0 aromatic heterocycles. The number of para-hydroxylation sites is 2. The van der Waals surface area contributed by atoms with Crippen molar-refractivity contribution < 1.29 is 19.1 Å². The number of hydrogen-bond donors (Lipinski definition) is 0. The van der Waals surface area contributed by atoms with Crippen LogP contribution in [0.15, 0.2) is 97.1 Å². The molecule has 0 aliphatic rings. The average Bonchev–Trinajstić information content (AvgIpc) is 2.95. The molecule has 4 aromatic carbocycles. The molecular formula is C30H28O4P2. The van der Waals surface area contributed by atoms with Crippen LogP contribution < -0.4 is 9.47 Å². The number of carbonyl (C=O) groups is 2. The van der Waals surface area contributed by atoms with Crippen molar-refractivity contribution in [1.82, 2.24) is 0 Å². The Bertz CT molecular complexity index is 1230. The van der Waals surface area contributed by atoms with Gasteiger partial charge in [-0.1, -0.05) is 84.9 Å². The molecule has 2 unspecified atom stereocenters. The van der Waals surface area contributed by atoms with E-state index in [1.54, 1.807) is 14.2 Å². The Morgan fingerprint density at radius 3 is 1.31 bits per heavy atom. The van der Waals surface area contributed by atoms with Gasteiger partial charge < -0.3 is 9.47 Å². The predicted molar refractivity (Wildman–Crippen MR) is 152 cm³/mol. The van der Waals surface area contributed by atoms with E-state index in [-0.39, 0.29) is 28.2 Å². The van der Waals surface area contributed by atoms with Crippen molar-refractivity contribution in [3.63, 3.8) is 0 Å². The minimum atomic E-state index is 0.0468. The lowest BCUT2D eigenvalue weighted by Crippen LogP contribution is -2.02. The summed E-state index contributed by atoms with van der Waals surface area (Å²) in [5, 5.41) is 0. The van der Waals surface area contributed by atoms with Gasteiger partial charge in [-0.3, -0.25) is 9.59 Å². The van der Waals surface area contributed by atoms with Crippen LogP contribution >= 0.6 is 17.2 Å².